The number of H-pyrrole nitrogens is 1. The van der Waals surface area contributed by atoms with E-state index in [1.54, 1.807) is 25.5 Å². The van der Waals surface area contributed by atoms with Crippen molar-refractivity contribution in [3.63, 3.8) is 0 Å². The summed E-state index contributed by atoms with van der Waals surface area (Å²) in [5.74, 6) is 2.75. The van der Waals surface area contributed by atoms with Crippen molar-refractivity contribution < 1.29 is 9.26 Å². The maximum Gasteiger partial charge on any atom is 0.144 e. The summed E-state index contributed by atoms with van der Waals surface area (Å²) in [4.78, 5) is 17.2. The summed E-state index contributed by atoms with van der Waals surface area (Å²) < 4.78 is 11.2. The van der Waals surface area contributed by atoms with Gasteiger partial charge >= 0.3 is 0 Å². The minimum atomic E-state index is 0.637. The van der Waals surface area contributed by atoms with Crippen molar-refractivity contribution in [3.05, 3.63) is 66.1 Å². The molecule has 0 bridgehead atoms. The number of aromatic nitrogens is 5. The van der Waals surface area contributed by atoms with Gasteiger partial charge in [-0.2, -0.15) is 0 Å². The van der Waals surface area contributed by atoms with E-state index >= 15 is 0 Å². The normalized spacial score (nSPS) is 11.2. The Balaban J connectivity index is 1.76. The van der Waals surface area contributed by atoms with E-state index in [9.17, 15) is 0 Å². The fourth-order valence-corrected chi connectivity index (χ4v) is 4.36. The summed E-state index contributed by atoms with van der Waals surface area (Å²) in [6.45, 7) is 13.5. The van der Waals surface area contributed by atoms with Gasteiger partial charge in [-0.15, -0.1) is 0 Å². The molecule has 1 aromatic carbocycles. The van der Waals surface area contributed by atoms with Crippen molar-refractivity contribution in [2.75, 3.05) is 12.4 Å². The molecule has 34 heavy (non-hydrogen) atoms. The molecule has 0 aliphatic rings. The van der Waals surface area contributed by atoms with E-state index in [4.69, 9.17) is 14.2 Å². The number of rotatable bonds is 6. The molecule has 0 radical (unpaired) electrons. The Morgan fingerprint density at radius 1 is 1.12 bits per heavy atom. The van der Waals surface area contributed by atoms with Crippen LogP contribution in [0.15, 0.2) is 42.1 Å². The van der Waals surface area contributed by atoms with Gasteiger partial charge in [-0.05, 0) is 45.0 Å². The fraction of sp³-hybridized carbons (Fsp3) is 0.154. The lowest BCUT2D eigenvalue weighted by molar-refractivity contribution is 0.393. The number of pyridine rings is 1. The van der Waals surface area contributed by atoms with Gasteiger partial charge in [-0.1, -0.05) is 24.4 Å². The molecule has 0 aliphatic carbocycles. The molecule has 0 fully saturated rings. The van der Waals surface area contributed by atoms with Crippen LogP contribution in [0.4, 0.5) is 11.5 Å². The van der Waals surface area contributed by atoms with Crippen LogP contribution in [-0.4, -0.2) is 32.2 Å². The number of anilines is 2. The first kappa shape index (κ1) is 21.4. The number of methoxy groups -OCH3 is 1. The number of ether oxygens (including phenoxy) is 1. The summed E-state index contributed by atoms with van der Waals surface area (Å²) in [6, 6.07) is 5.92. The number of fused-ring (bicyclic) bond motifs is 3. The van der Waals surface area contributed by atoms with Crippen LogP contribution >= 0.6 is 0 Å². The number of aryl methyl sites for hydroxylation is 3. The number of hydrogen-bond acceptors (Lipinski definition) is 7. The van der Waals surface area contributed by atoms with Crippen LogP contribution in [0.5, 0.6) is 5.75 Å². The molecule has 8 heteroatoms. The van der Waals surface area contributed by atoms with Crippen LogP contribution in [0.3, 0.4) is 0 Å². The van der Waals surface area contributed by atoms with Gasteiger partial charge in [0, 0.05) is 28.2 Å². The molecule has 0 spiro atoms. The third kappa shape index (κ3) is 3.31. The van der Waals surface area contributed by atoms with Crippen LogP contribution < -0.4 is 10.1 Å². The standard InChI is InChI=1S/C26H24N6O2/c1-7-16-19(8-2)27-10-9-20(16)30-25-24-17-12-22(33-6)18(23-13(3)32-34-14(23)4)11-21(17)31-26(24)29-15(5)28-25/h7-12H,1-2H2,3-6H3,(H2,27,28,29,30,31). The summed E-state index contributed by atoms with van der Waals surface area (Å²) in [7, 11) is 1.65. The van der Waals surface area contributed by atoms with Crippen LogP contribution in [0.1, 0.15) is 28.5 Å². The van der Waals surface area contributed by atoms with E-state index in [-0.39, 0.29) is 0 Å². The Morgan fingerprint density at radius 3 is 2.62 bits per heavy atom. The highest BCUT2D eigenvalue weighted by atomic mass is 16.5. The lowest BCUT2D eigenvalue weighted by atomic mass is 10.0. The predicted molar refractivity (Wildman–Crippen MR) is 135 cm³/mol. The van der Waals surface area contributed by atoms with Gasteiger partial charge in [-0.3, -0.25) is 4.98 Å². The first-order valence-electron chi connectivity index (χ1n) is 10.8. The van der Waals surface area contributed by atoms with Crippen LogP contribution in [-0.2, 0) is 0 Å². The zero-order valence-electron chi connectivity index (χ0n) is 19.5. The number of nitrogens with one attached hydrogen (secondary N) is 2. The quantitative estimate of drug-likeness (QED) is 0.320. The predicted octanol–water partition coefficient (Wildman–Crippen LogP) is 6.12. The molecule has 0 atom stereocenters. The highest BCUT2D eigenvalue weighted by Gasteiger charge is 2.21. The smallest absolute Gasteiger partial charge is 0.144 e. The molecule has 4 heterocycles. The minimum Gasteiger partial charge on any atom is -0.496 e. The molecule has 5 aromatic rings. The Bertz CT molecular complexity index is 1580. The molecule has 0 amide bonds. The van der Waals surface area contributed by atoms with Crippen molar-refractivity contribution in [1.29, 1.82) is 0 Å². The number of nitrogens with zero attached hydrogens (tertiary/aromatic N) is 4. The molecule has 0 saturated heterocycles. The molecule has 5 rings (SSSR count). The van der Waals surface area contributed by atoms with Gasteiger partial charge in [0.05, 0.1) is 35.1 Å². The average molecular weight is 453 g/mol. The van der Waals surface area contributed by atoms with Gasteiger partial charge in [0.15, 0.2) is 0 Å². The first-order valence-corrected chi connectivity index (χ1v) is 10.8. The Kier molecular flexibility index (Phi) is 5.13. The van der Waals surface area contributed by atoms with Gasteiger partial charge in [0.1, 0.15) is 28.8 Å². The Morgan fingerprint density at radius 2 is 1.94 bits per heavy atom. The largest absolute Gasteiger partial charge is 0.496 e. The monoisotopic (exact) mass is 452 g/mol. The highest BCUT2D eigenvalue weighted by molar-refractivity contribution is 6.13. The molecular weight excluding hydrogens is 428 g/mol. The van der Waals surface area contributed by atoms with E-state index < -0.39 is 0 Å². The molecule has 0 saturated carbocycles. The molecule has 8 nitrogen and oxygen atoms in total. The summed E-state index contributed by atoms with van der Waals surface area (Å²) >= 11 is 0. The second-order valence-electron chi connectivity index (χ2n) is 7.96. The van der Waals surface area contributed by atoms with E-state index in [1.807, 2.05) is 39.0 Å². The Hall–Kier alpha value is -4.46. The zero-order chi connectivity index (χ0) is 24.0. The topological polar surface area (TPSA) is 102 Å². The minimum absolute atomic E-state index is 0.637. The average Bonchev–Trinajstić information content (AvgIpc) is 3.35. The molecule has 170 valence electrons. The van der Waals surface area contributed by atoms with E-state index in [2.05, 4.69) is 38.6 Å². The van der Waals surface area contributed by atoms with Crippen LogP contribution in [0.2, 0.25) is 0 Å². The number of aromatic amines is 1. The fourth-order valence-electron chi connectivity index (χ4n) is 4.36. The maximum atomic E-state index is 5.78. The highest BCUT2D eigenvalue weighted by Crippen LogP contribution is 2.41. The SMILES string of the molecule is C=Cc1nccc(Nc2nc(C)nc3[nH]c4cc(-c5c(C)noc5C)c(OC)cc4c23)c1C=C. The maximum absolute atomic E-state index is 5.78. The Labute approximate surface area is 196 Å². The second kappa shape index (κ2) is 8.15. The number of benzene rings is 1. The molecule has 2 N–H and O–H groups in total. The van der Waals surface area contributed by atoms with Crippen molar-refractivity contribution in [1.82, 2.24) is 25.1 Å². The van der Waals surface area contributed by atoms with Gasteiger partial charge in [0.25, 0.3) is 0 Å². The van der Waals surface area contributed by atoms with Gasteiger partial charge < -0.3 is 19.6 Å². The van der Waals surface area contributed by atoms with E-state index in [0.29, 0.717) is 17.4 Å². The lowest BCUT2D eigenvalue weighted by Gasteiger charge is -2.13. The van der Waals surface area contributed by atoms with Crippen LogP contribution in [0.25, 0.3) is 45.2 Å². The molecule has 0 unspecified atom stereocenters. The first-order chi connectivity index (χ1) is 16.4. The molecule has 0 aliphatic heterocycles. The molecule has 4 aromatic heterocycles. The van der Waals surface area contributed by atoms with E-state index in [0.717, 1.165) is 61.5 Å². The summed E-state index contributed by atoms with van der Waals surface area (Å²) in [5.41, 5.74) is 6.66. The van der Waals surface area contributed by atoms with Crippen LogP contribution in [0, 0.1) is 20.8 Å². The third-order valence-corrected chi connectivity index (χ3v) is 5.86. The summed E-state index contributed by atoms with van der Waals surface area (Å²) in [6.07, 6.45) is 5.19. The third-order valence-electron chi connectivity index (χ3n) is 5.86. The number of hydrogen-bond donors (Lipinski definition) is 2. The second-order valence-corrected chi connectivity index (χ2v) is 7.96. The summed E-state index contributed by atoms with van der Waals surface area (Å²) in [5, 5.41) is 9.35. The van der Waals surface area contributed by atoms with Gasteiger partial charge in [0.2, 0.25) is 0 Å². The van der Waals surface area contributed by atoms with Crippen molar-refractivity contribution >= 4 is 45.6 Å². The zero-order valence-corrected chi connectivity index (χ0v) is 19.5. The molecular formula is C26H24N6O2. The van der Waals surface area contributed by atoms with Gasteiger partial charge in [-0.25, -0.2) is 9.97 Å². The van der Waals surface area contributed by atoms with Crippen molar-refractivity contribution in [2.45, 2.75) is 20.8 Å². The van der Waals surface area contributed by atoms with E-state index in [1.165, 1.54) is 0 Å². The lowest BCUT2D eigenvalue weighted by Crippen LogP contribution is -2.01. The van der Waals surface area contributed by atoms with Crippen molar-refractivity contribution in [3.8, 4) is 16.9 Å². The van der Waals surface area contributed by atoms with Crippen molar-refractivity contribution in [2.24, 2.45) is 0 Å².